The molecule has 1 heterocycles. The summed E-state index contributed by atoms with van der Waals surface area (Å²) in [6.45, 7) is 3.48. The molecule has 15 heavy (non-hydrogen) atoms. The van der Waals surface area contributed by atoms with Gasteiger partial charge in [-0.3, -0.25) is 0 Å². The van der Waals surface area contributed by atoms with Crippen molar-refractivity contribution in [2.24, 2.45) is 5.92 Å². The summed E-state index contributed by atoms with van der Waals surface area (Å²) in [5.41, 5.74) is 1.48. The van der Waals surface area contributed by atoms with E-state index in [0.29, 0.717) is 6.04 Å². The minimum atomic E-state index is 0.714. The van der Waals surface area contributed by atoms with Crippen molar-refractivity contribution in [2.75, 3.05) is 6.54 Å². The Labute approximate surface area is 96.9 Å². The van der Waals surface area contributed by atoms with E-state index >= 15 is 0 Å². The number of nitrogens with one attached hydrogen (secondary N) is 1. The molecule has 2 rings (SSSR count). The maximum absolute atomic E-state index is 3.67. The van der Waals surface area contributed by atoms with Gasteiger partial charge in [0.25, 0.3) is 0 Å². The van der Waals surface area contributed by atoms with Crippen LogP contribution in [0, 0.1) is 5.92 Å². The van der Waals surface area contributed by atoms with Gasteiger partial charge < -0.3 is 5.32 Å². The lowest BCUT2D eigenvalue weighted by molar-refractivity contribution is 0.384. The molecule has 0 bridgehead atoms. The van der Waals surface area contributed by atoms with Crippen molar-refractivity contribution in [1.82, 2.24) is 5.32 Å². The molecule has 2 heteroatoms. The Kier molecular flexibility index (Phi) is 4.21. The van der Waals surface area contributed by atoms with Gasteiger partial charge in [0.2, 0.25) is 0 Å². The van der Waals surface area contributed by atoms with E-state index < -0.39 is 0 Å². The van der Waals surface area contributed by atoms with Crippen LogP contribution in [0.1, 0.15) is 38.2 Å². The van der Waals surface area contributed by atoms with Crippen molar-refractivity contribution in [1.29, 1.82) is 0 Å². The lowest BCUT2D eigenvalue weighted by Gasteiger charge is -2.20. The maximum atomic E-state index is 3.67. The number of thiophene rings is 1. The summed E-state index contributed by atoms with van der Waals surface area (Å²) < 4.78 is 0. The number of hydrogen-bond donors (Lipinski definition) is 1. The third-order valence-corrected chi connectivity index (χ3v) is 4.30. The third-order valence-electron chi connectivity index (χ3n) is 3.57. The zero-order valence-corrected chi connectivity index (χ0v) is 10.4. The van der Waals surface area contributed by atoms with Crippen LogP contribution in [-0.2, 0) is 6.42 Å². The van der Waals surface area contributed by atoms with Crippen molar-refractivity contribution in [3.05, 3.63) is 22.4 Å². The predicted molar refractivity (Wildman–Crippen MR) is 67.4 cm³/mol. The zero-order chi connectivity index (χ0) is 10.5. The third kappa shape index (κ3) is 3.32. The molecule has 1 aliphatic rings. The largest absolute Gasteiger partial charge is 0.314 e. The average molecular weight is 223 g/mol. The highest BCUT2D eigenvalue weighted by atomic mass is 32.1. The molecule has 0 aliphatic heterocycles. The van der Waals surface area contributed by atoms with Crippen LogP contribution in [0.15, 0.2) is 16.8 Å². The Hall–Kier alpha value is -0.340. The van der Waals surface area contributed by atoms with E-state index in [1.54, 1.807) is 11.3 Å². The average Bonchev–Trinajstić information content (AvgIpc) is 2.90. The van der Waals surface area contributed by atoms with Crippen molar-refractivity contribution in [3.63, 3.8) is 0 Å². The second-order valence-electron chi connectivity index (χ2n) is 4.67. The molecule has 1 unspecified atom stereocenters. The van der Waals surface area contributed by atoms with Gasteiger partial charge in [0, 0.05) is 6.04 Å². The molecule has 0 radical (unpaired) electrons. The molecule has 0 aromatic carbocycles. The molecule has 1 N–H and O–H groups in total. The molecule has 1 fully saturated rings. The SMILES string of the molecule is CC(NCCc1ccsc1)C1CCCC1. The van der Waals surface area contributed by atoms with Gasteiger partial charge in [0.15, 0.2) is 0 Å². The minimum absolute atomic E-state index is 0.714. The monoisotopic (exact) mass is 223 g/mol. The van der Waals surface area contributed by atoms with Crippen LogP contribution in [0.25, 0.3) is 0 Å². The van der Waals surface area contributed by atoms with Gasteiger partial charge in [-0.25, -0.2) is 0 Å². The highest BCUT2D eigenvalue weighted by molar-refractivity contribution is 7.07. The topological polar surface area (TPSA) is 12.0 Å². The molecule has 0 amide bonds. The van der Waals surface area contributed by atoms with E-state index in [1.165, 1.54) is 37.7 Å². The second-order valence-corrected chi connectivity index (χ2v) is 5.45. The van der Waals surface area contributed by atoms with E-state index in [0.717, 1.165) is 12.5 Å². The Bertz CT molecular complexity index is 262. The predicted octanol–water partition coefficient (Wildman–Crippen LogP) is 3.46. The minimum Gasteiger partial charge on any atom is -0.314 e. The maximum Gasteiger partial charge on any atom is 0.00671 e. The zero-order valence-electron chi connectivity index (χ0n) is 9.54. The van der Waals surface area contributed by atoms with Crippen LogP contribution in [0.5, 0.6) is 0 Å². The van der Waals surface area contributed by atoms with E-state index in [4.69, 9.17) is 0 Å². The summed E-state index contributed by atoms with van der Waals surface area (Å²) in [6, 6.07) is 2.94. The van der Waals surface area contributed by atoms with Crippen LogP contribution >= 0.6 is 11.3 Å². The van der Waals surface area contributed by atoms with Gasteiger partial charge in [-0.15, -0.1) is 0 Å². The quantitative estimate of drug-likeness (QED) is 0.806. The molecule has 1 saturated carbocycles. The first-order valence-electron chi connectivity index (χ1n) is 6.11. The molecule has 1 aromatic rings. The highest BCUT2D eigenvalue weighted by Gasteiger charge is 2.20. The molecule has 1 aromatic heterocycles. The lowest BCUT2D eigenvalue weighted by atomic mass is 10.00. The van der Waals surface area contributed by atoms with Crippen LogP contribution in [-0.4, -0.2) is 12.6 Å². The Balaban J connectivity index is 1.64. The fraction of sp³-hybridized carbons (Fsp3) is 0.692. The first kappa shape index (κ1) is 11.2. The highest BCUT2D eigenvalue weighted by Crippen LogP contribution is 2.27. The number of rotatable bonds is 5. The van der Waals surface area contributed by atoms with E-state index in [1.807, 2.05) is 0 Å². The van der Waals surface area contributed by atoms with Crippen LogP contribution < -0.4 is 5.32 Å². The Morgan fingerprint density at radius 1 is 1.47 bits per heavy atom. The molecular weight excluding hydrogens is 202 g/mol. The van der Waals surface area contributed by atoms with Crippen LogP contribution in [0.4, 0.5) is 0 Å². The fourth-order valence-electron chi connectivity index (χ4n) is 2.50. The van der Waals surface area contributed by atoms with E-state index in [2.05, 4.69) is 29.1 Å². The first-order valence-corrected chi connectivity index (χ1v) is 7.05. The van der Waals surface area contributed by atoms with Gasteiger partial charge in [-0.1, -0.05) is 12.8 Å². The summed E-state index contributed by atoms with van der Waals surface area (Å²) in [6.07, 6.45) is 6.95. The molecule has 0 spiro atoms. The molecule has 1 nitrogen and oxygen atoms in total. The number of hydrogen-bond acceptors (Lipinski definition) is 2. The smallest absolute Gasteiger partial charge is 0.00671 e. The van der Waals surface area contributed by atoms with Crippen molar-refractivity contribution in [2.45, 2.75) is 45.1 Å². The van der Waals surface area contributed by atoms with E-state index in [-0.39, 0.29) is 0 Å². The molecular formula is C13H21NS. The fourth-order valence-corrected chi connectivity index (χ4v) is 3.21. The van der Waals surface area contributed by atoms with Crippen LogP contribution in [0.2, 0.25) is 0 Å². The van der Waals surface area contributed by atoms with Gasteiger partial charge >= 0.3 is 0 Å². The van der Waals surface area contributed by atoms with Crippen molar-refractivity contribution < 1.29 is 0 Å². The molecule has 0 saturated heterocycles. The summed E-state index contributed by atoms with van der Waals surface area (Å²) in [5.74, 6) is 0.937. The second kappa shape index (κ2) is 5.66. The Morgan fingerprint density at radius 2 is 2.27 bits per heavy atom. The molecule has 1 aliphatic carbocycles. The summed E-state index contributed by atoms with van der Waals surface area (Å²) in [4.78, 5) is 0. The standard InChI is InChI=1S/C13H21NS/c1-11(13-4-2-3-5-13)14-8-6-12-7-9-15-10-12/h7,9-11,13-14H,2-6,8H2,1H3. The van der Waals surface area contributed by atoms with Gasteiger partial charge in [0.05, 0.1) is 0 Å². The van der Waals surface area contributed by atoms with Gasteiger partial charge in [-0.2, -0.15) is 11.3 Å². The lowest BCUT2D eigenvalue weighted by Crippen LogP contribution is -2.33. The summed E-state index contributed by atoms with van der Waals surface area (Å²) in [7, 11) is 0. The van der Waals surface area contributed by atoms with Gasteiger partial charge in [-0.05, 0) is 61.0 Å². The molecule has 84 valence electrons. The van der Waals surface area contributed by atoms with Crippen molar-refractivity contribution >= 4 is 11.3 Å². The summed E-state index contributed by atoms with van der Waals surface area (Å²) in [5, 5.41) is 8.08. The van der Waals surface area contributed by atoms with Gasteiger partial charge in [0.1, 0.15) is 0 Å². The Morgan fingerprint density at radius 3 is 2.93 bits per heavy atom. The normalized spacial score (nSPS) is 19.5. The molecule has 1 atom stereocenters. The van der Waals surface area contributed by atoms with Crippen LogP contribution in [0.3, 0.4) is 0 Å². The summed E-state index contributed by atoms with van der Waals surface area (Å²) >= 11 is 1.80. The van der Waals surface area contributed by atoms with Crippen molar-refractivity contribution in [3.8, 4) is 0 Å². The van der Waals surface area contributed by atoms with E-state index in [9.17, 15) is 0 Å². The first-order chi connectivity index (χ1) is 7.36.